The molecule has 0 aliphatic carbocycles. The van der Waals surface area contributed by atoms with Crippen LogP contribution in [0, 0.1) is 0 Å². The van der Waals surface area contributed by atoms with E-state index in [-0.39, 0.29) is 29.2 Å². The second kappa shape index (κ2) is 7.40. The van der Waals surface area contributed by atoms with Gasteiger partial charge in [-0.3, -0.25) is 4.99 Å². The van der Waals surface area contributed by atoms with Crippen LogP contribution >= 0.6 is 24.0 Å². The number of rotatable bonds is 4. The van der Waals surface area contributed by atoms with Crippen molar-refractivity contribution in [3.63, 3.8) is 0 Å². The van der Waals surface area contributed by atoms with Crippen molar-refractivity contribution in [3.05, 3.63) is 0 Å². The zero-order chi connectivity index (χ0) is 12.2. The smallest absolute Gasteiger partial charge is 0.191 e. The van der Waals surface area contributed by atoms with Crippen molar-refractivity contribution in [2.75, 3.05) is 25.4 Å². The van der Waals surface area contributed by atoms with E-state index in [4.69, 9.17) is 5.73 Å². The number of aliphatic imine (C=N–C) groups is 1. The maximum atomic E-state index is 11.6. The number of hydrogen-bond acceptors (Lipinski definition) is 3. The molecule has 1 aliphatic rings. The summed E-state index contributed by atoms with van der Waals surface area (Å²) in [6, 6.07) is 0. The average Bonchev–Trinajstić information content (AvgIpc) is 2.56. The van der Waals surface area contributed by atoms with Crippen LogP contribution in [0.2, 0.25) is 0 Å². The van der Waals surface area contributed by atoms with Crippen LogP contribution in [-0.4, -0.2) is 49.9 Å². The number of guanidine groups is 1. The standard InChI is InChI=1S/C10H21N3O2S.HI/c1-3-13(4-2)10(11)12-8-9-6-5-7-16(9,14)15;/h9H,3-8H2,1-2H3,(H2,11,12);1H. The number of sulfone groups is 1. The molecule has 7 heteroatoms. The van der Waals surface area contributed by atoms with Gasteiger partial charge in [-0.25, -0.2) is 8.42 Å². The summed E-state index contributed by atoms with van der Waals surface area (Å²) in [6.45, 7) is 5.90. The van der Waals surface area contributed by atoms with Crippen LogP contribution in [0.15, 0.2) is 4.99 Å². The Morgan fingerprint density at radius 2 is 2.00 bits per heavy atom. The SMILES string of the molecule is CCN(CC)C(N)=NCC1CCCS1(=O)=O.I. The molecular weight excluding hydrogens is 353 g/mol. The molecule has 1 rings (SSSR count). The summed E-state index contributed by atoms with van der Waals surface area (Å²) in [5.74, 6) is 0.755. The van der Waals surface area contributed by atoms with Crippen LogP contribution in [0.25, 0.3) is 0 Å². The highest BCUT2D eigenvalue weighted by molar-refractivity contribution is 14.0. The van der Waals surface area contributed by atoms with Crippen molar-refractivity contribution in [1.29, 1.82) is 0 Å². The van der Waals surface area contributed by atoms with Gasteiger partial charge in [0.15, 0.2) is 15.8 Å². The fourth-order valence-corrected chi connectivity index (χ4v) is 3.64. The summed E-state index contributed by atoms with van der Waals surface area (Å²) in [6.07, 6.45) is 1.48. The second-order valence-electron chi connectivity index (χ2n) is 4.00. The first-order valence-corrected chi connectivity index (χ1v) is 7.49. The molecule has 5 nitrogen and oxygen atoms in total. The molecule has 1 aliphatic heterocycles. The van der Waals surface area contributed by atoms with Crippen molar-refractivity contribution in [2.45, 2.75) is 31.9 Å². The molecule has 0 aromatic heterocycles. The molecule has 0 aromatic rings. The van der Waals surface area contributed by atoms with Gasteiger partial charge in [-0.05, 0) is 26.7 Å². The Morgan fingerprint density at radius 3 is 2.41 bits per heavy atom. The maximum Gasteiger partial charge on any atom is 0.191 e. The van der Waals surface area contributed by atoms with E-state index in [1.165, 1.54) is 0 Å². The van der Waals surface area contributed by atoms with Gasteiger partial charge in [-0.15, -0.1) is 24.0 Å². The lowest BCUT2D eigenvalue weighted by Crippen LogP contribution is -2.37. The molecule has 1 atom stereocenters. The van der Waals surface area contributed by atoms with Gasteiger partial charge >= 0.3 is 0 Å². The largest absolute Gasteiger partial charge is 0.370 e. The Bertz CT molecular complexity index is 353. The van der Waals surface area contributed by atoms with E-state index in [1.54, 1.807) is 0 Å². The molecule has 17 heavy (non-hydrogen) atoms. The summed E-state index contributed by atoms with van der Waals surface area (Å²) < 4.78 is 23.1. The van der Waals surface area contributed by atoms with Gasteiger partial charge in [0.05, 0.1) is 17.5 Å². The predicted octanol–water partition coefficient (Wildman–Crippen LogP) is 0.838. The Labute approximate surface area is 121 Å². The van der Waals surface area contributed by atoms with E-state index < -0.39 is 9.84 Å². The third-order valence-electron chi connectivity index (χ3n) is 3.01. The lowest BCUT2D eigenvalue weighted by Gasteiger charge is -2.19. The van der Waals surface area contributed by atoms with Crippen LogP contribution in [0.4, 0.5) is 0 Å². The minimum atomic E-state index is -2.90. The van der Waals surface area contributed by atoms with E-state index in [0.29, 0.717) is 18.3 Å². The van der Waals surface area contributed by atoms with Crippen molar-refractivity contribution in [1.82, 2.24) is 4.90 Å². The lowest BCUT2D eigenvalue weighted by molar-refractivity contribution is 0.458. The molecule has 0 amide bonds. The number of hydrogen-bond donors (Lipinski definition) is 1. The van der Waals surface area contributed by atoms with Crippen molar-refractivity contribution in [2.24, 2.45) is 10.7 Å². The monoisotopic (exact) mass is 375 g/mol. The minimum Gasteiger partial charge on any atom is -0.370 e. The number of halogens is 1. The van der Waals surface area contributed by atoms with Gasteiger partial charge in [0.25, 0.3) is 0 Å². The van der Waals surface area contributed by atoms with Crippen LogP contribution in [0.5, 0.6) is 0 Å². The van der Waals surface area contributed by atoms with E-state index in [9.17, 15) is 8.42 Å². The quantitative estimate of drug-likeness (QED) is 0.449. The topological polar surface area (TPSA) is 75.8 Å². The Morgan fingerprint density at radius 1 is 1.41 bits per heavy atom. The summed E-state index contributed by atoms with van der Waals surface area (Å²) in [4.78, 5) is 6.10. The summed E-state index contributed by atoms with van der Waals surface area (Å²) >= 11 is 0. The Hall–Kier alpha value is -0.0500. The number of nitrogens with zero attached hydrogens (tertiary/aromatic N) is 2. The molecule has 1 saturated heterocycles. The van der Waals surface area contributed by atoms with Crippen LogP contribution in [0.1, 0.15) is 26.7 Å². The molecule has 0 spiro atoms. The Balaban J connectivity index is 0.00000256. The van der Waals surface area contributed by atoms with E-state index in [1.807, 2.05) is 18.7 Å². The fourth-order valence-electron chi connectivity index (χ4n) is 1.91. The molecular formula is C10H22IN3O2S. The third-order valence-corrected chi connectivity index (χ3v) is 5.27. The van der Waals surface area contributed by atoms with Gasteiger partial charge in [0, 0.05) is 13.1 Å². The van der Waals surface area contributed by atoms with Crippen molar-refractivity contribution in [3.8, 4) is 0 Å². The fraction of sp³-hybridized carbons (Fsp3) is 0.900. The predicted molar refractivity (Wildman–Crippen MR) is 81.6 cm³/mol. The van der Waals surface area contributed by atoms with E-state index in [2.05, 4.69) is 4.99 Å². The first-order chi connectivity index (χ1) is 7.51. The zero-order valence-corrected chi connectivity index (χ0v) is 13.6. The van der Waals surface area contributed by atoms with Crippen LogP contribution in [0.3, 0.4) is 0 Å². The van der Waals surface area contributed by atoms with Crippen LogP contribution < -0.4 is 5.73 Å². The highest BCUT2D eigenvalue weighted by Crippen LogP contribution is 2.19. The summed E-state index contributed by atoms with van der Waals surface area (Å²) in [5, 5.41) is -0.318. The van der Waals surface area contributed by atoms with Gasteiger partial charge in [-0.2, -0.15) is 0 Å². The third kappa shape index (κ3) is 4.61. The molecule has 0 bridgehead atoms. The van der Waals surface area contributed by atoms with Gasteiger partial charge in [0.1, 0.15) is 0 Å². The van der Waals surface area contributed by atoms with Gasteiger partial charge in [-0.1, -0.05) is 0 Å². The number of nitrogens with two attached hydrogens (primary N) is 1. The molecule has 102 valence electrons. The summed E-state index contributed by atoms with van der Waals surface area (Å²) in [7, 11) is -2.90. The average molecular weight is 375 g/mol. The highest BCUT2D eigenvalue weighted by atomic mass is 127. The normalized spacial score (nSPS) is 23.2. The molecule has 0 aromatic carbocycles. The molecule has 1 fully saturated rings. The Kier molecular flexibility index (Phi) is 7.38. The molecule has 0 saturated carbocycles. The summed E-state index contributed by atoms with van der Waals surface area (Å²) in [5.41, 5.74) is 5.79. The zero-order valence-electron chi connectivity index (χ0n) is 10.4. The minimum absolute atomic E-state index is 0. The maximum absolute atomic E-state index is 11.6. The second-order valence-corrected chi connectivity index (χ2v) is 6.40. The van der Waals surface area contributed by atoms with Crippen LogP contribution in [-0.2, 0) is 9.84 Å². The lowest BCUT2D eigenvalue weighted by atomic mass is 10.2. The van der Waals surface area contributed by atoms with Gasteiger partial charge < -0.3 is 10.6 Å². The molecule has 1 heterocycles. The molecule has 2 N–H and O–H groups in total. The first-order valence-electron chi connectivity index (χ1n) is 5.77. The first kappa shape index (κ1) is 16.9. The molecule has 1 unspecified atom stereocenters. The van der Waals surface area contributed by atoms with E-state index >= 15 is 0 Å². The van der Waals surface area contributed by atoms with Gasteiger partial charge in [0.2, 0.25) is 0 Å². The molecule has 0 radical (unpaired) electrons. The highest BCUT2D eigenvalue weighted by Gasteiger charge is 2.30. The van der Waals surface area contributed by atoms with Crippen molar-refractivity contribution >= 4 is 39.8 Å². The van der Waals surface area contributed by atoms with Crippen molar-refractivity contribution < 1.29 is 8.42 Å². The van der Waals surface area contributed by atoms with E-state index in [0.717, 1.165) is 25.9 Å².